The van der Waals surface area contributed by atoms with E-state index in [1.807, 2.05) is 39.0 Å². The molecule has 3 N–H and O–H groups in total. The number of anilines is 1. The quantitative estimate of drug-likeness (QED) is 0.822. The Morgan fingerprint density at radius 3 is 2.67 bits per heavy atom. The summed E-state index contributed by atoms with van der Waals surface area (Å²) in [5.74, 6) is -0.975. The molecule has 1 unspecified atom stereocenters. The first-order chi connectivity index (χ1) is 11.4. The number of rotatable bonds is 5. The average Bonchev–Trinajstić information content (AvgIpc) is 2.55. The molecular weight excluding hydrogens is 306 g/mol. The van der Waals surface area contributed by atoms with E-state index in [2.05, 4.69) is 10.3 Å². The van der Waals surface area contributed by atoms with Gasteiger partial charge in [-0.15, -0.1) is 0 Å². The lowest BCUT2D eigenvalue weighted by Gasteiger charge is -2.16. The molecule has 1 aromatic heterocycles. The minimum absolute atomic E-state index is 0.0754. The third-order valence-corrected chi connectivity index (χ3v) is 3.80. The van der Waals surface area contributed by atoms with Gasteiger partial charge in [-0.3, -0.25) is 4.79 Å². The van der Waals surface area contributed by atoms with Crippen LogP contribution in [0, 0.1) is 13.8 Å². The van der Waals surface area contributed by atoms with E-state index in [0.29, 0.717) is 0 Å². The number of ether oxygens (including phenoxy) is 1. The second-order valence-electron chi connectivity index (χ2n) is 5.65. The highest BCUT2D eigenvalue weighted by Gasteiger charge is 2.15. The van der Waals surface area contributed by atoms with Crippen molar-refractivity contribution in [2.75, 3.05) is 12.3 Å². The van der Waals surface area contributed by atoms with Gasteiger partial charge >= 0.3 is 5.97 Å². The Bertz CT molecular complexity index is 759. The number of carbonyl (C=O) groups excluding carboxylic acids is 2. The molecule has 0 fully saturated rings. The van der Waals surface area contributed by atoms with Gasteiger partial charge in [0, 0.05) is 6.20 Å². The van der Waals surface area contributed by atoms with Gasteiger partial charge in [-0.2, -0.15) is 0 Å². The highest BCUT2D eigenvalue weighted by atomic mass is 16.5. The number of aromatic nitrogens is 1. The molecule has 1 aromatic carbocycles. The molecule has 0 radical (unpaired) electrons. The van der Waals surface area contributed by atoms with Crippen molar-refractivity contribution in [3.8, 4) is 0 Å². The molecule has 2 aromatic rings. The number of benzene rings is 1. The van der Waals surface area contributed by atoms with E-state index < -0.39 is 5.97 Å². The zero-order valence-corrected chi connectivity index (χ0v) is 14.0. The lowest BCUT2D eigenvalue weighted by atomic mass is 10.0. The number of aryl methyl sites for hydroxylation is 2. The lowest BCUT2D eigenvalue weighted by molar-refractivity contribution is -0.124. The number of hydrogen-bond donors (Lipinski definition) is 2. The van der Waals surface area contributed by atoms with Gasteiger partial charge in [-0.1, -0.05) is 18.2 Å². The Hall–Kier alpha value is -2.89. The zero-order valence-electron chi connectivity index (χ0n) is 14.0. The lowest BCUT2D eigenvalue weighted by Crippen LogP contribution is -2.31. The summed E-state index contributed by atoms with van der Waals surface area (Å²) in [4.78, 5) is 27.7. The fraction of sp³-hybridized carbons (Fsp3) is 0.278. The number of nitrogens with one attached hydrogen (secondary N) is 1. The van der Waals surface area contributed by atoms with E-state index in [1.165, 1.54) is 17.8 Å². The van der Waals surface area contributed by atoms with Crippen LogP contribution in [-0.4, -0.2) is 23.5 Å². The standard InChI is InChI=1S/C18H21N3O3/c1-11-6-7-14(9-12(11)2)13(3)21-16(22)10-24-18(23)15-5-4-8-20-17(15)19/h4-9,13H,10H2,1-3H3,(H2,19,20)(H,21,22). The largest absolute Gasteiger partial charge is 0.452 e. The fourth-order valence-electron chi connectivity index (χ4n) is 2.20. The molecule has 0 aliphatic rings. The van der Waals surface area contributed by atoms with Crippen LogP contribution < -0.4 is 11.1 Å². The maximum Gasteiger partial charge on any atom is 0.342 e. The third-order valence-electron chi connectivity index (χ3n) is 3.80. The minimum Gasteiger partial charge on any atom is -0.452 e. The summed E-state index contributed by atoms with van der Waals surface area (Å²) in [6.45, 7) is 5.56. The van der Waals surface area contributed by atoms with E-state index in [4.69, 9.17) is 10.5 Å². The predicted molar refractivity (Wildman–Crippen MR) is 91.4 cm³/mol. The first-order valence-corrected chi connectivity index (χ1v) is 7.62. The van der Waals surface area contributed by atoms with Gasteiger partial charge in [0.15, 0.2) is 6.61 Å². The Balaban J connectivity index is 1.90. The maximum atomic E-state index is 12.0. The van der Waals surface area contributed by atoms with Gasteiger partial charge in [0.2, 0.25) is 0 Å². The van der Waals surface area contributed by atoms with E-state index in [9.17, 15) is 9.59 Å². The number of carbonyl (C=O) groups is 2. The Kier molecular flexibility index (Phi) is 5.52. The van der Waals surface area contributed by atoms with Gasteiger partial charge in [-0.05, 0) is 49.6 Å². The van der Waals surface area contributed by atoms with Crippen molar-refractivity contribution in [1.82, 2.24) is 10.3 Å². The highest BCUT2D eigenvalue weighted by molar-refractivity contribution is 5.95. The monoisotopic (exact) mass is 327 g/mol. The molecule has 1 amide bonds. The predicted octanol–water partition coefficient (Wildman–Crippen LogP) is 2.31. The molecule has 126 valence electrons. The molecule has 0 saturated carbocycles. The summed E-state index contributed by atoms with van der Waals surface area (Å²) < 4.78 is 4.98. The molecule has 0 spiro atoms. The van der Waals surface area contributed by atoms with Crippen molar-refractivity contribution in [3.63, 3.8) is 0 Å². The van der Waals surface area contributed by atoms with Crippen LogP contribution in [0.4, 0.5) is 5.82 Å². The summed E-state index contributed by atoms with van der Waals surface area (Å²) in [6, 6.07) is 8.91. The van der Waals surface area contributed by atoms with E-state index in [-0.39, 0.29) is 29.9 Å². The summed E-state index contributed by atoms with van der Waals surface area (Å²) in [5.41, 5.74) is 9.09. The van der Waals surface area contributed by atoms with Crippen molar-refractivity contribution >= 4 is 17.7 Å². The molecule has 1 heterocycles. The number of nitrogens with two attached hydrogens (primary N) is 1. The minimum atomic E-state index is -0.672. The van der Waals surface area contributed by atoms with Crippen molar-refractivity contribution in [3.05, 3.63) is 58.8 Å². The molecule has 0 aliphatic heterocycles. The molecule has 24 heavy (non-hydrogen) atoms. The summed E-state index contributed by atoms with van der Waals surface area (Å²) in [6.07, 6.45) is 1.48. The van der Waals surface area contributed by atoms with Crippen LogP contribution in [0.2, 0.25) is 0 Å². The van der Waals surface area contributed by atoms with Crippen LogP contribution in [0.25, 0.3) is 0 Å². The van der Waals surface area contributed by atoms with Crippen LogP contribution in [0.5, 0.6) is 0 Å². The van der Waals surface area contributed by atoms with Crippen molar-refractivity contribution < 1.29 is 14.3 Å². The molecule has 6 heteroatoms. The van der Waals surface area contributed by atoms with E-state index in [0.717, 1.165) is 11.1 Å². The van der Waals surface area contributed by atoms with E-state index >= 15 is 0 Å². The normalized spacial score (nSPS) is 11.6. The Labute approximate surface area is 141 Å². The first kappa shape index (κ1) is 17.5. The van der Waals surface area contributed by atoms with Gasteiger partial charge in [0.05, 0.1) is 6.04 Å². The number of amides is 1. The SMILES string of the molecule is Cc1ccc(C(C)NC(=O)COC(=O)c2cccnc2N)cc1C. The number of esters is 1. The topological polar surface area (TPSA) is 94.3 Å². The molecule has 0 saturated heterocycles. The van der Waals surface area contributed by atoms with Gasteiger partial charge in [-0.25, -0.2) is 9.78 Å². The zero-order chi connectivity index (χ0) is 17.7. The summed E-state index contributed by atoms with van der Waals surface area (Å²) in [7, 11) is 0. The second kappa shape index (κ2) is 7.59. The summed E-state index contributed by atoms with van der Waals surface area (Å²) >= 11 is 0. The average molecular weight is 327 g/mol. The van der Waals surface area contributed by atoms with Crippen molar-refractivity contribution in [2.45, 2.75) is 26.8 Å². The molecule has 6 nitrogen and oxygen atoms in total. The van der Waals surface area contributed by atoms with Crippen LogP contribution >= 0.6 is 0 Å². The highest BCUT2D eigenvalue weighted by Crippen LogP contribution is 2.16. The van der Waals surface area contributed by atoms with Crippen LogP contribution in [0.3, 0.4) is 0 Å². The molecular formula is C18H21N3O3. The number of pyridine rings is 1. The van der Waals surface area contributed by atoms with Gasteiger partial charge < -0.3 is 15.8 Å². The first-order valence-electron chi connectivity index (χ1n) is 7.62. The molecule has 0 bridgehead atoms. The molecule has 2 rings (SSSR count). The van der Waals surface area contributed by atoms with Gasteiger partial charge in [0.1, 0.15) is 11.4 Å². The number of nitrogens with zero attached hydrogens (tertiary/aromatic N) is 1. The fourth-order valence-corrected chi connectivity index (χ4v) is 2.20. The van der Waals surface area contributed by atoms with Crippen molar-refractivity contribution in [1.29, 1.82) is 0 Å². The third kappa shape index (κ3) is 4.32. The Morgan fingerprint density at radius 1 is 1.25 bits per heavy atom. The molecule has 1 atom stereocenters. The smallest absolute Gasteiger partial charge is 0.342 e. The number of hydrogen-bond acceptors (Lipinski definition) is 5. The van der Waals surface area contributed by atoms with Crippen LogP contribution in [0.1, 0.15) is 40.0 Å². The van der Waals surface area contributed by atoms with Crippen LogP contribution in [-0.2, 0) is 9.53 Å². The maximum absolute atomic E-state index is 12.0. The molecule has 0 aliphatic carbocycles. The number of nitrogen functional groups attached to an aromatic ring is 1. The van der Waals surface area contributed by atoms with Gasteiger partial charge in [0.25, 0.3) is 5.91 Å². The summed E-state index contributed by atoms with van der Waals surface area (Å²) in [5, 5.41) is 2.80. The van der Waals surface area contributed by atoms with Crippen molar-refractivity contribution in [2.24, 2.45) is 0 Å². The second-order valence-corrected chi connectivity index (χ2v) is 5.65. The van der Waals surface area contributed by atoms with E-state index in [1.54, 1.807) is 6.07 Å². The Morgan fingerprint density at radius 2 is 2.00 bits per heavy atom. The van der Waals surface area contributed by atoms with Crippen LogP contribution in [0.15, 0.2) is 36.5 Å².